The van der Waals surface area contributed by atoms with Gasteiger partial charge in [0.1, 0.15) is 11.6 Å². The number of nitrogens with zero attached hydrogens (tertiary/aromatic N) is 1. The Hall–Kier alpha value is -0.920. The number of rotatable bonds is 3. The fourth-order valence-corrected chi connectivity index (χ4v) is 2.99. The molecule has 0 saturated heterocycles. The van der Waals surface area contributed by atoms with Crippen LogP contribution in [0.3, 0.4) is 0 Å². The normalized spacial score (nSPS) is 25.5. The van der Waals surface area contributed by atoms with Gasteiger partial charge in [0.25, 0.3) is 0 Å². The lowest BCUT2D eigenvalue weighted by molar-refractivity contribution is 0.555. The third-order valence-electron chi connectivity index (χ3n) is 4.14. The van der Waals surface area contributed by atoms with E-state index in [9.17, 15) is 8.78 Å². The number of nitrogens with one attached hydrogen (secondary N) is 1. The molecule has 0 bridgehead atoms. The average molecular weight is 407 g/mol. The first-order chi connectivity index (χ1) is 9.65. The monoisotopic (exact) mass is 407 g/mol. The van der Waals surface area contributed by atoms with Crippen LogP contribution in [0.2, 0.25) is 0 Å². The van der Waals surface area contributed by atoms with Crippen LogP contribution in [-0.2, 0) is 0 Å². The van der Waals surface area contributed by atoms with Crippen LogP contribution in [0.5, 0.6) is 0 Å². The van der Waals surface area contributed by atoms with Gasteiger partial charge in [-0.2, -0.15) is 0 Å². The van der Waals surface area contributed by atoms with E-state index in [-0.39, 0.29) is 41.5 Å². The first-order valence-electron chi connectivity index (χ1n) is 7.19. The van der Waals surface area contributed by atoms with E-state index in [4.69, 9.17) is 5.73 Å². The average Bonchev–Trinajstić information content (AvgIpc) is 2.93. The van der Waals surface area contributed by atoms with Crippen molar-refractivity contribution in [3.05, 3.63) is 35.4 Å². The van der Waals surface area contributed by atoms with Crippen LogP contribution in [0.15, 0.2) is 23.2 Å². The standard InChI is InChI=1S/C15H19F2N3.HI/c16-11-6-3-7-12(17)14(11)10-8-13(10)20-15(18)19-9-4-1-2-5-9;/h3,6-7,9-10,13H,1-2,4-5,8H2,(H3,18,19,20);1H/t10-,13-;/m1./s1. The maximum absolute atomic E-state index is 13.6. The number of nitrogens with two attached hydrogens (primary N) is 1. The number of benzene rings is 1. The molecule has 2 aliphatic rings. The Balaban J connectivity index is 0.00000161. The van der Waals surface area contributed by atoms with Crippen LogP contribution < -0.4 is 11.1 Å². The first-order valence-corrected chi connectivity index (χ1v) is 7.19. The van der Waals surface area contributed by atoms with Gasteiger partial charge in [0.05, 0.1) is 6.04 Å². The maximum atomic E-state index is 13.6. The maximum Gasteiger partial charge on any atom is 0.189 e. The summed E-state index contributed by atoms with van der Waals surface area (Å²) in [6, 6.07) is 4.26. The van der Waals surface area contributed by atoms with Crippen molar-refractivity contribution in [3.8, 4) is 0 Å². The zero-order valence-electron chi connectivity index (χ0n) is 11.7. The minimum atomic E-state index is -0.491. The molecule has 2 saturated carbocycles. The number of halogens is 3. The molecule has 0 unspecified atom stereocenters. The molecule has 0 spiro atoms. The highest BCUT2D eigenvalue weighted by atomic mass is 127. The summed E-state index contributed by atoms with van der Waals surface area (Å²) in [7, 11) is 0. The molecule has 2 aliphatic carbocycles. The molecule has 0 aromatic heterocycles. The van der Waals surface area contributed by atoms with E-state index in [2.05, 4.69) is 10.3 Å². The van der Waals surface area contributed by atoms with Crippen LogP contribution in [-0.4, -0.2) is 18.0 Å². The minimum absolute atomic E-state index is 0. The van der Waals surface area contributed by atoms with Gasteiger partial charge >= 0.3 is 0 Å². The zero-order chi connectivity index (χ0) is 14.1. The second kappa shape index (κ2) is 6.89. The summed E-state index contributed by atoms with van der Waals surface area (Å²) in [6.07, 6.45) is 5.33. The molecule has 1 aromatic rings. The van der Waals surface area contributed by atoms with Crippen molar-refractivity contribution < 1.29 is 8.78 Å². The van der Waals surface area contributed by atoms with E-state index in [0.717, 1.165) is 12.8 Å². The van der Waals surface area contributed by atoms with Crippen molar-refractivity contribution in [3.63, 3.8) is 0 Å². The van der Waals surface area contributed by atoms with Crippen LogP contribution in [0.25, 0.3) is 0 Å². The van der Waals surface area contributed by atoms with Crippen LogP contribution in [0.4, 0.5) is 8.78 Å². The van der Waals surface area contributed by atoms with Crippen LogP contribution in [0, 0.1) is 11.6 Å². The smallest absolute Gasteiger partial charge is 0.189 e. The summed E-state index contributed by atoms with van der Waals surface area (Å²) >= 11 is 0. The zero-order valence-corrected chi connectivity index (χ0v) is 14.0. The summed E-state index contributed by atoms with van der Waals surface area (Å²) in [5.74, 6) is -0.758. The van der Waals surface area contributed by atoms with Gasteiger partial charge in [-0.25, -0.2) is 13.8 Å². The molecule has 1 aromatic carbocycles. The SMILES string of the molecule is I.NC(=N[C@@H]1C[C@H]1c1c(F)cccc1F)NC1CCCC1. The molecule has 2 fully saturated rings. The quantitative estimate of drug-likeness (QED) is 0.459. The lowest BCUT2D eigenvalue weighted by atomic mass is 10.1. The molecular weight excluding hydrogens is 387 g/mol. The van der Waals surface area contributed by atoms with Crippen molar-refractivity contribution in [2.45, 2.75) is 50.1 Å². The Bertz CT molecular complexity index is 509. The predicted molar refractivity (Wildman–Crippen MR) is 89.9 cm³/mol. The fourth-order valence-electron chi connectivity index (χ4n) is 2.99. The molecule has 3 N–H and O–H groups in total. The van der Waals surface area contributed by atoms with Gasteiger partial charge in [-0.3, -0.25) is 0 Å². The summed E-state index contributed by atoms with van der Waals surface area (Å²) in [5, 5.41) is 3.19. The highest BCUT2D eigenvalue weighted by Crippen LogP contribution is 2.45. The summed E-state index contributed by atoms with van der Waals surface area (Å²) in [4.78, 5) is 4.34. The molecule has 3 rings (SSSR count). The molecule has 116 valence electrons. The van der Waals surface area contributed by atoms with Crippen molar-refractivity contribution >= 4 is 29.9 Å². The molecule has 21 heavy (non-hydrogen) atoms. The molecule has 0 aliphatic heterocycles. The Morgan fingerprint density at radius 2 is 1.81 bits per heavy atom. The number of guanidine groups is 1. The Labute approximate surface area is 140 Å². The van der Waals surface area contributed by atoms with Crippen molar-refractivity contribution in [1.82, 2.24) is 5.32 Å². The lowest BCUT2D eigenvalue weighted by Gasteiger charge is -2.12. The highest BCUT2D eigenvalue weighted by molar-refractivity contribution is 14.0. The predicted octanol–water partition coefficient (Wildman–Crippen LogP) is 3.29. The van der Waals surface area contributed by atoms with Gasteiger partial charge in [0.15, 0.2) is 5.96 Å². The van der Waals surface area contributed by atoms with Crippen LogP contribution >= 0.6 is 24.0 Å². The molecule has 0 radical (unpaired) electrons. The largest absolute Gasteiger partial charge is 0.370 e. The van der Waals surface area contributed by atoms with Crippen LogP contribution in [0.1, 0.15) is 43.6 Å². The molecule has 3 nitrogen and oxygen atoms in total. The highest BCUT2D eigenvalue weighted by Gasteiger charge is 2.42. The Morgan fingerprint density at radius 3 is 2.43 bits per heavy atom. The molecular formula is C15H20F2IN3. The topological polar surface area (TPSA) is 50.4 Å². The van der Waals surface area contributed by atoms with Gasteiger partial charge < -0.3 is 11.1 Å². The second-order valence-corrected chi connectivity index (χ2v) is 5.68. The van der Waals surface area contributed by atoms with Gasteiger partial charge in [0.2, 0.25) is 0 Å². The van der Waals surface area contributed by atoms with Crippen molar-refractivity contribution in [2.75, 3.05) is 0 Å². The number of hydrogen-bond donors (Lipinski definition) is 2. The second-order valence-electron chi connectivity index (χ2n) is 5.68. The third kappa shape index (κ3) is 3.84. The van der Waals surface area contributed by atoms with Crippen molar-refractivity contribution in [2.24, 2.45) is 10.7 Å². The van der Waals surface area contributed by atoms with E-state index in [0.29, 0.717) is 18.4 Å². The summed E-state index contributed by atoms with van der Waals surface area (Å²) in [5.41, 5.74) is 6.01. The van der Waals surface area contributed by atoms with E-state index in [1.165, 1.54) is 31.0 Å². The fraction of sp³-hybridized carbons (Fsp3) is 0.533. The Kier molecular flexibility index (Phi) is 5.40. The molecule has 2 atom stereocenters. The first kappa shape index (κ1) is 16.5. The third-order valence-corrected chi connectivity index (χ3v) is 4.14. The molecule has 0 amide bonds. The lowest BCUT2D eigenvalue weighted by Crippen LogP contribution is -2.38. The summed E-state index contributed by atoms with van der Waals surface area (Å²) < 4.78 is 27.3. The van der Waals surface area contributed by atoms with Gasteiger partial charge in [0, 0.05) is 17.5 Å². The number of aliphatic imine (C=N–C) groups is 1. The van der Waals surface area contributed by atoms with E-state index in [1.807, 2.05) is 0 Å². The van der Waals surface area contributed by atoms with Gasteiger partial charge in [-0.15, -0.1) is 24.0 Å². The van der Waals surface area contributed by atoms with Gasteiger partial charge in [-0.05, 0) is 31.4 Å². The van der Waals surface area contributed by atoms with E-state index in [1.54, 1.807) is 0 Å². The molecule has 0 heterocycles. The molecule has 6 heteroatoms. The van der Waals surface area contributed by atoms with Gasteiger partial charge in [-0.1, -0.05) is 18.9 Å². The van der Waals surface area contributed by atoms with E-state index < -0.39 is 11.6 Å². The summed E-state index contributed by atoms with van der Waals surface area (Å²) in [6.45, 7) is 0. The van der Waals surface area contributed by atoms with E-state index >= 15 is 0 Å². The number of hydrogen-bond acceptors (Lipinski definition) is 1. The Morgan fingerprint density at radius 1 is 1.19 bits per heavy atom. The van der Waals surface area contributed by atoms with Crippen molar-refractivity contribution in [1.29, 1.82) is 0 Å². The minimum Gasteiger partial charge on any atom is -0.370 e.